The Bertz CT molecular complexity index is 738. The van der Waals surface area contributed by atoms with Gasteiger partial charge in [-0.1, -0.05) is 37.3 Å². The summed E-state index contributed by atoms with van der Waals surface area (Å²) >= 11 is 1.71. The summed E-state index contributed by atoms with van der Waals surface area (Å²) in [6, 6.07) is 14.0. The monoisotopic (exact) mass is 355 g/mol. The predicted molar refractivity (Wildman–Crippen MR) is 105 cm³/mol. The molecule has 1 fully saturated rings. The van der Waals surface area contributed by atoms with Crippen molar-refractivity contribution in [1.82, 2.24) is 0 Å². The van der Waals surface area contributed by atoms with E-state index in [0.29, 0.717) is 6.10 Å². The lowest BCUT2D eigenvalue weighted by molar-refractivity contribution is 0.102. The Morgan fingerprint density at radius 3 is 2.84 bits per heavy atom. The van der Waals surface area contributed by atoms with Gasteiger partial charge in [0, 0.05) is 22.9 Å². The van der Waals surface area contributed by atoms with Crippen LogP contribution in [-0.2, 0) is 11.2 Å². The number of aryl methyl sites for hydroxylation is 2. The molecule has 0 bridgehead atoms. The zero-order chi connectivity index (χ0) is 17.6. The molecule has 2 aromatic carbocycles. The van der Waals surface area contributed by atoms with E-state index in [1.807, 2.05) is 43.3 Å². The van der Waals surface area contributed by atoms with E-state index in [4.69, 9.17) is 4.74 Å². The maximum absolute atomic E-state index is 12.9. The fraction of sp³-hybridized carbons (Fsp3) is 0.381. The Kier molecular flexibility index (Phi) is 6.16. The first-order chi connectivity index (χ1) is 12.2. The van der Waals surface area contributed by atoms with Crippen molar-refractivity contribution in [2.24, 2.45) is 0 Å². The Labute approximate surface area is 154 Å². The molecule has 3 nitrogen and oxygen atoms in total. The van der Waals surface area contributed by atoms with Crippen molar-refractivity contribution in [3.05, 3.63) is 59.2 Å². The third-order valence-corrected chi connectivity index (χ3v) is 5.76. The van der Waals surface area contributed by atoms with E-state index in [1.165, 1.54) is 0 Å². The van der Waals surface area contributed by atoms with Crippen molar-refractivity contribution in [3.8, 4) is 0 Å². The molecule has 1 atom stereocenters. The van der Waals surface area contributed by atoms with Gasteiger partial charge in [-0.15, -0.1) is 11.8 Å². The van der Waals surface area contributed by atoms with Gasteiger partial charge >= 0.3 is 0 Å². The third-order valence-electron chi connectivity index (χ3n) is 4.56. The summed E-state index contributed by atoms with van der Waals surface area (Å²) in [5.74, 6) is 0.856. The minimum atomic E-state index is -0.0422. The molecule has 132 valence electrons. The Morgan fingerprint density at radius 2 is 2.08 bits per heavy atom. The maximum atomic E-state index is 12.9. The lowest BCUT2D eigenvalue weighted by Crippen LogP contribution is -2.16. The number of rotatable bonds is 6. The van der Waals surface area contributed by atoms with Crippen LogP contribution in [0.4, 0.5) is 5.69 Å². The van der Waals surface area contributed by atoms with E-state index in [9.17, 15) is 4.79 Å². The Balaban J connectivity index is 1.76. The summed E-state index contributed by atoms with van der Waals surface area (Å²) in [4.78, 5) is 13.9. The Morgan fingerprint density at radius 1 is 1.24 bits per heavy atom. The van der Waals surface area contributed by atoms with Crippen LogP contribution in [0.25, 0.3) is 0 Å². The molecule has 2 aromatic rings. The zero-order valence-electron chi connectivity index (χ0n) is 14.9. The van der Waals surface area contributed by atoms with Crippen LogP contribution >= 0.6 is 11.8 Å². The number of para-hydroxylation sites is 1. The normalized spacial score (nSPS) is 16.8. The number of amides is 1. The molecular weight excluding hydrogens is 330 g/mol. The smallest absolute Gasteiger partial charge is 0.256 e. The number of anilines is 1. The predicted octanol–water partition coefficient (Wildman–Crippen LogP) is 5.08. The van der Waals surface area contributed by atoms with Gasteiger partial charge in [0.15, 0.2) is 0 Å². The molecular formula is C21H25NO2S. The summed E-state index contributed by atoms with van der Waals surface area (Å²) in [7, 11) is 0. The number of ether oxygens (including phenoxy) is 1. The molecule has 25 heavy (non-hydrogen) atoms. The van der Waals surface area contributed by atoms with Gasteiger partial charge < -0.3 is 10.1 Å². The van der Waals surface area contributed by atoms with Gasteiger partial charge in [0.2, 0.25) is 0 Å². The van der Waals surface area contributed by atoms with Crippen LogP contribution in [-0.4, -0.2) is 24.4 Å². The van der Waals surface area contributed by atoms with Crippen molar-refractivity contribution in [1.29, 1.82) is 0 Å². The second-order valence-corrected chi connectivity index (χ2v) is 7.42. The van der Waals surface area contributed by atoms with Crippen LogP contribution in [0.2, 0.25) is 0 Å². The van der Waals surface area contributed by atoms with Crippen LogP contribution in [0.5, 0.6) is 0 Å². The van der Waals surface area contributed by atoms with E-state index < -0.39 is 0 Å². The second kappa shape index (κ2) is 8.54. The van der Waals surface area contributed by atoms with Gasteiger partial charge in [0.1, 0.15) is 0 Å². The minimum absolute atomic E-state index is 0.0422. The molecule has 0 spiro atoms. The van der Waals surface area contributed by atoms with Gasteiger partial charge in [-0.05, 0) is 49.4 Å². The van der Waals surface area contributed by atoms with Gasteiger partial charge in [-0.2, -0.15) is 0 Å². The highest BCUT2D eigenvalue weighted by Crippen LogP contribution is 2.28. The number of nitrogens with one attached hydrogen (secondary N) is 1. The summed E-state index contributed by atoms with van der Waals surface area (Å²) in [6.07, 6.45) is 3.46. The molecule has 0 radical (unpaired) electrons. The lowest BCUT2D eigenvalue weighted by atomic mass is 10.1. The van der Waals surface area contributed by atoms with Crippen molar-refractivity contribution in [2.45, 2.75) is 44.1 Å². The summed E-state index contributed by atoms with van der Waals surface area (Å²) in [5.41, 5.74) is 3.93. The minimum Gasteiger partial charge on any atom is -0.377 e. The van der Waals surface area contributed by atoms with Gasteiger partial charge in [-0.3, -0.25) is 4.79 Å². The third kappa shape index (κ3) is 4.44. The van der Waals surface area contributed by atoms with E-state index in [0.717, 1.165) is 58.9 Å². The van der Waals surface area contributed by atoms with Gasteiger partial charge in [0.25, 0.3) is 5.91 Å². The second-order valence-electron chi connectivity index (χ2n) is 6.36. The molecule has 1 saturated heterocycles. The number of hydrogen-bond donors (Lipinski definition) is 1. The van der Waals surface area contributed by atoms with Crippen LogP contribution in [0.3, 0.4) is 0 Å². The lowest BCUT2D eigenvalue weighted by Gasteiger charge is -2.15. The highest BCUT2D eigenvalue weighted by Gasteiger charge is 2.18. The zero-order valence-corrected chi connectivity index (χ0v) is 15.7. The first-order valence-corrected chi connectivity index (χ1v) is 9.91. The maximum Gasteiger partial charge on any atom is 0.256 e. The van der Waals surface area contributed by atoms with Crippen LogP contribution in [0.15, 0.2) is 47.4 Å². The molecule has 0 saturated carbocycles. The van der Waals surface area contributed by atoms with E-state index in [-0.39, 0.29) is 5.91 Å². The van der Waals surface area contributed by atoms with E-state index in [2.05, 4.69) is 18.3 Å². The summed E-state index contributed by atoms with van der Waals surface area (Å²) < 4.78 is 5.70. The first-order valence-electron chi connectivity index (χ1n) is 8.92. The average molecular weight is 356 g/mol. The molecule has 1 aliphatic rings. The van der Waals surface area contributed by atoms with Crippen molar-refractivity contribution < 1.29 is 9.53 Å². The summed E-state index contributed by atoms with van der Waals surface area (Å²) in [6.45, 7) is 5.00. The van der Waals surface area contributed by atoms with Crippen LogP contribution in [0, 0.1) is 6.92 Å². The number of hydrogen-bond acceptors (Lipinski definition) is 3. The number of thioether (sulfide) groups is 1. The van der Waals surface area contributed by atoms with Crippen LogP contribution in [0.1, 0.15) is 41.3 Å². The molecule has 0 unspecified atom stereocenters. The fourth-order valence-corrected chi connectivity index (χ4v) is 4.24. The molecule has 4 heteroatoms. The Hall–Kier alpha value is -1.78. The molecule has 1 N–H and O–H groups in total. The number of carbonyl (C=O) groups excluding carboxylic acids is 1. The van der Waals surface area contributed by atoms with Crippen molar-refractivity contribution in [2.75, 3.05) is 17.7 Å². The number of carbonyl (C=O) groups is 1. The highest BCUT2D eigenvalue weighted by atomic mass is 32.2. The van der Waals surface area contributed by atoms with E-state index >= 15 is 0 Å². The average Bonchev–Trinajstić information content (AvgIpc) is 3.15. The van der Waals surface area contributed by atoms with Crippen LogP contribution < -0.4 is 5.32 Å². The van der Waals surface area contributed by atoms with E-state index in [1.54, 1.807) is 11.8 Å². The fourth-order valence-electron chi connectivity index (χ4n) is 3.12. The summed E-state index contributed by atoms with van der Waals surface area (Å²) in [5, 5.41) is 3.13. The molecule has 1 amide bonds. The SMILES string of the molecule is CCc1cccc(C)c1NC(=O)c1ccccc1SC[C@@H]1CCCO1. The molecule has 1 aliphatic heterocycles. The molecule has 3 rings (SSSR count). The first kappa shape index (κ1) is 18.0. The van der Waals surface area contributed by atoms with Gasteiger partial charge in [0.05, 0.1) is 11.7 Å². The molecule has 0 aliphatic carbocycles. The molecule has 0 aromatic heterocycles. The standard InChI is InChI=1S/C21H25NO2S/c1-3-16-9-6-8-15(2)20(16)22-21(23)18-11-4-5-12-19(18)25-14-17-10-7-13-24-17/h4-6,8-9,11-12,17H,3,7,10,13-14H2,1-2H3,(H,22,23)/t17-/m0/s1. The highest BCUT2D eigenvalue weighted by molar-refractivity contribution is 7.99. The molecule has 1 heterocycles. The van der Waals surface area contributed by atoms with Crippen molar-refractivity contribution >= 4 is 23.4 Å². The van der Waals surface area contributed by atoms with Crippen molar-refractivity contribution in [3.63, 3.8) is 0 Å². The largest absolute Gasteiger partial charge is 0.377 e. The topological polar surface area (TPSA) is 38.3 Å². The van der Waals surface area contributed by atoms with Gasteiger partial charge in [-0.25, -0.2) is 0 Å². The number of benzene rings is 2. The quantitative estimate of drug-likeness (QED) is 0.734.